The molecule has 4 heteroatoms. The predicted molar refractivity (Wildman–Crippen MR) is 60.0 cm³/mol. The summed E-state index contributed by atoms with van der Waals surface area (Å²) in [4.78, 5) is 13.5. The fourth-order valence-electron chi connectivity index (χ4n) is 1.97. The van der Waals surface area contributed by atoms with Crippen molar-refractivity contribution in [3.8, 4) is 0 Å². The molecule has 0 bridgehead atoms. The lowest BCUT2D eigenvalue weighted by Crippen LogP contribution is -2.58. The van der Waals surface area contributed by atoms with E-state index in [4.69, 9.17) is 0 Å². The molecule has 0 spiro atoms. The number of nitrogens with one attached hydrogen (secondary N) is 1. The summed E-state index contributed by atoms with van der Waals surface area (Å²) < 4.78 is 0. The molecule has 0 saturated carbocycles. The third-order valence-electron chi connectivity index (χ3n) is 3.24. The van der Waals surface area contributed by atoms with E-state index in [2.05, 4.69) is 17.1 Å². The van der Waals surface area contributed by atoms with Crippen molar-refractivity contribution in [3.05, 3.63) is 0 Å². The van der Waals surface area contributed by atoms with Gasteiger partial charge in [0.05, 0.1) is 0 Å². The first kappa shape index (κ1) is 12.5. The molecule has 2 N–H and O–H groups in total. The minimum absolute atomic E-state index is 0.665. The van der Waals surface area contributed by atoms with Crippen molar-refractivity contribution in [2.75, 3.05) is 26.7 Å². The Kier molecular flexibility index (Phi) is 4.54. The maximum Gasteiger partial charge on any atom is 0.323 e. The number of piperidine rings is 1. The zero-order chi connectivity index (χ0) is 11.3. The van der Waals surface area contributed by atoms with Crippen LogP contribution in [0.25, 0.3) is 0 Å². The van der Waals surface area contributed by atoms with Gasteiger partial charge in [0.25, 0.3) is 0 Å². The summed E-state index contributed by atoms with van der Waals surface area (Å²) in [5, 5.41) is 12.5. The molecule has 88 valence electrons. The number of rotatable bonds is 5. The molecular formula is C11H22N2O2. The average molecular weight is 214 g/mol. The van der Waals surface area contributed by atoms with Gasteiger partial charge in [-0.15, -0.1) is 0 Å². The first-order chi connectivity index (χ1) is 7.10. The molecular weight excluding hydrogens is 192 g/mol. The van der Waals surface area contributed by atoms with E-state index in [0.717, 1.165) is 32.5 Å². The zero-order valence-corrected chi connectivity index (χ0v) is 9.75. The quantitative estimate of drug-likeness (QED) is 0.668. The van der Waals surface area contributed by atoms with Gasteiger partial charge in [-0.25, -0.2) is 0 Å². The Morgan fingerprint density at radius 1 is 1.47 bits per heavy atom. The van der Waals surface area contributed by atoms with Gasteiger partial charge in [0, 0.05) is 13.1 Å². The summed E-state index contributed by atoms with van der Waals surface area (Å²) in [5.74, 6) is -0.688. The molecule has 0 aromatic heterocycles. The molecule has 0 radical (unpaired) electrons. The number of nitrogens with zero attached hydrogens (tertiary/aromatic N) is 1. The van der Waals surface area contributed by atoms with Crippen molar-refractivity contribution in [1.82, 2.24) is 10.2 Å². The van der Waals surface area contributed by atoms with Crippen molar-refractivity contribution in [2.45, 2.75) is 38.1 Å². The highest BCUT2D eigenvalue weighted by molar-refractivity contribution is 5.79. The van der Waals surface area contributed by atoms with E-state index in [1.165, 1.54) is 0 Å². The highest BCUT2D eigenvalue weighted by atomic mass is 16.4. The van der Waals surface area contributed by atoms with E-state index in [-0.39, 0.29) is 0 Å². The first-order valence-corrected chi connectivity index (χ1v) is 5.78. The Morgan fingerprint density at radius 3 is 2.53 bits per heavy atom. The van der Waals surface area contributed by atoms with Gasteiger partial charge in [-0.2, -0.15) is 0 Å². The Bertz CT molecular complexity index is 211. The number of aliphatic carboxylic acids is 1. The van der Waals surface area contributed by atoms with Crippen LogP contribution in [0.1, 0.15) is 32.6 Å². The Balaban J connectivity index is 2.51. The highest BCUT2D eigenvalue weighted by Crippen LogP contribution is 2.21. The molecule has 1 aliphatic heterocycles. The van der Waals surface area contributed by atoms with Gasteiger partial charge in [-0.3, -0.25) is 4.79 Å². The van der Waals surface area contributed by atoms with Gasteiger partial charge in [-0.1, -0.05) is 13.3 Å². The van der Waals surface area contributed by atoms with Crippen LogP contribution in [-0.4, -0.2) is 48.2 Å². The smallest absolute Gasteiger partial charge is 0.323 e. The zero-order valence-electron chi connectivity index (χ0n) is 9.75. The van der Waals surface area contributed by atoms with Crippen LogP contribution in [0.4, 0.5) is 0 Å². The van der Waals surface area contributed by atoms with Crippen LogP contribution < -0.4 is 5.32 Å². The molecule has 0 atom stereocenters. The monoisotopic (exact) mass is 214 g/mol. The second kappa shape index (κ2) is 5.47. The molecule has 0 unspecified atom stereocenters. The summed E-state index contributed by atoms with van der Waals surface area (Å²) in [6, 6.07) is 0. The molecule has 0 amide bonds. The number of hydrogen-bond acceptors (Lipinski definition) is 3. The van der Waals surface area contributed by atoms with E-state index in [1.54, 1.807) is 0 Å². The van der Waals surface area contributed by atoms with Crippen LogP contribution in [0.15, 0.2) is 0 Å². The maximum absolute atomic E-state index is 11.3. The van der Waals surface area contributed by atoms with Crippen molar-refractivity contribution in [1.29, 1.82) is 0 Å². The number of carboxylic acid groups (broad SMARTS) is 1. The lowest BCUT2D eigenvalue weighted by atomic mass is 9.87. The van der Waals surface area contributed by atoms with Crippen molar-refractivity contribution in [3.63, 3.8) is 0 Å². The lowest BCUT2D eigenvalue weighted by molar-refractivity contribution is -0.147. The normalized spacial score (nSPS) is 21.5. The first-order valence-electron chi connectivity index (χ1n) is 5.78. The van der Waals surface area contributed by atoms with Crippen LogP contribution >= 0.6 is 0 Å². The minimum atomic E-state index is -0.688. The highest BCUT2D eigenvalue weighted by Gasteiger charge is 2.40. The van der Waals surface area contributed by atoms with Gasteiger partial charge >= 0.3 is 5.97 Å². The lowest BCUT2D eigenvalue weighted by Gasteiger charge is -2.38. The van der Waals surface area contributed by atoms with E-state index in [0.29, 0.717) is 12.8 Å². The number of hydrogen-bond donors (Lipinski definition) is 2. The number of carboxylic acids is 1. The summed E-state index contributed by atoms with van der Waals surface area (Å²) >= 11 is 0. The molecule has 1 heterocycles. The van der Waals surface area contributed by atoms with E-state index < -0.39 is 11.5 Å². The number of likely N-dealkylation sites (tertiary alicyclic amines) is 1. The maximum atomic E-state index is 11.3. The van der Waals surface area contributed by atoms with Crippen molar-refractivity contribution in [2.24, 2.45) is 0 Å². The fourth-order valence-corrected chi connectivity index (χ4v) is 1.97. The number of carbonyl (C=O) groups is 1. The van der Waals surface area contributed by atoms with Crippen LogP contribution in [0.3, 0.4) is 0 Å². The fraction of sp³-hybridized carbons (Fsp3) is 0.909. The molecule has 0 aromatic carbocycles. The molecule has 1 rings (SSSR count). The Labute approximate surface area is 91.6 Å². The standard InChI is InChI=1S/C11H22N2O2/c1-3-4-7-12-11(10(14)15)5-8-13(2)9-6-11/h12H,3-9H2,1-2H3,(H,14,15). The largest absolute Gasteiger partial charge is 0.480 e. The van der Waals surface area contributed by atoms with Gasteiger partial charge < -0.3 is 15.3 Å². The number of unbranched alkanes of at least 4 members (excludes halogenated alkanes) is 1. The average Bonchev–Trinajstić information content (AvgIpc) is 2.21. The molecule has 0 aliphatic carbocycles. The summed E-state index contributed by atoms with van der Waals surface area (Å²) in [5.41, 5.74) is -0.665. The van der Waals surface area contributed by atoms with Gasteiger partial charge in [0.2, 0.25) is 0 Å². The molecule has 1 aliphatic rings. The Morgan fingerprint density at radius 2 is 2.07 bits per heavy atom. The third-order valence-corrected chi connectivity index (χ3v) is 3.24. The Hall–Kier alpha value is -0.610. The topological polar surface area (TPSA) is 52.6 Å². The van der Waals surface area contributed by atoms with Crippen molar-refractivity contribution >= 4 is 5.97 Å². The second-order valence-corrected chi connectivity index (χ2v) is 4.47. The van der Waals surface area contributed by atoms with Crippen LogP contribution in [0.2, 0.25) is 0 Å². The predicted octanol–water partition coefficient (Wildman–Crippen LogP) is 0.925. The van der Waals surface area contributed by atoms with E-state index >= 15 is 0 Å². The van der Waals surface area contributed by atoms with Crippen molar-refractivity contribution < 1.29 is 9.90 Å². The van der Waals surface area contributed by atoms with Crippen LogP contribution in [0, 0.1) is 0 Å². The van der Waals surface area contributed by atoms with Gasteiger partial charge in [0.15, 0.2) is 0 Å². The molecule has 1 saturated heterocycles. The van der Waals surface area contributed by atoms with Gasteiger partial charge in [-0.05, 0) is 32.9 Å². The van der Waals surface area contributed by atoms with Crippen LogP contribution in [0.5, 0.6) is 0 Å². The molecule has 1 fully saturated rings. The van der Waals surface area contributed by atoms with Crippen LogP contribution in [-0.2, 0) is 4.79 Å². The molecule has 4 nitrogen and oxygen atoms in total. The summed E-state index contributed by atoms with van der Waals surface area (Å²) in [7, 11) is 2.04. The van der Waals surface area contributed by atoms with Gasteiger partial charge in [0.1, 0.15) is 5.54 Å². The van der Waals surface area contributed by atoms with E-state index in [1.807, 2.05) is 7.05 Å². The molecule has 0 aromatic rings. The molecule has 15 heavy (non-hydrogen) atoms. The minimum Gasteiger partial charge on any atom is -0.480 e. The SMILES string of the molecule is CCCCNC1(C(=O)O)CCN(C)CC1. The third kappa shape index (κ3) is 3.18. The summed E-state index contributed by atoms with van der Waals surface area (Å²) in [6.45, 7) is 4.66. The second-order valence-electron chi connectivity index (χ2n) is 4.47. The van der Waals surface area contributed by atoms with E-state index in [9.17, 15) is 9.90 Å². The summed E-state index contributed by atoms with van der Waals surface area (Å²) in [6.07, 6.45) is 3.57.